The third kappa shape index (κ3) is 3.51. The Morgan fingerprint density at radius 1 is 1.18 bits per heavy atom. The molecule has 10 heteroatoms. The van der Waals surface area contributed by atoms with Crippen molar-refractivity contribution in [3.63, 3.8) is 0 Å². The number of rotatable bonds is 4. The van der Waals surface area contributed by atoms with Crippen LogP contribution in [0.5, 0.6) is 0 Å². The molecular formula is C24H22FN7O2. The molecule has 1 saturated carbocycles. The molecule has 2 atom stereocenters. The fourth-order valence-corrected chi connectivity index (χ4v) is 4.28. The van der Waals surface area contributed by atoms with E-state index in [1.165, 1.54) is 0 Å². The highest BCUT2D eigenvalue weighted by atomic mass is 19.1. The highest BCUT2D eigenvalue weighted by molar-refractivity contribution is 6.04. The summed E-state index contributed by atoms with van der Waals surface area (Å²) < 4.78 is 16.8. The van der Waals surface area contributed by atoms with E-state index in [-0.39, 0.29) is 11.8 Å². The van der Waals surface area contributed by atoms with E-state index in [4.69, 9.17) is 0 Å². The molecule has 0 radical (unpaired) electrons. The molecule has 1 aromatic carbocycles. The second-order valence-corrected chi connectivity index (χ2v) is 8.75. The van der Waals surface area contributed by atoms with Gasteiger partial charge in [0.1, 0.15) is 23.3 Å². The minimum Gasteiger partial charge on any atom is -0.333 e. The predicted molar refractivity (Wildman–Crippen MR) is 122 cm³/mol. The molecule has 0 unspecified atom stereocenters. The fourth-order valence-electron chi connectivity index (χ4n) is 4.28. The first-order chi connectivity index (χ1) is 16.5. The number of nitrogens with one attached hydrogen (secondary N) is 1. The third-order valence-electron chi connectivity index (χ3n) is 6.40. The summed E-state index contributed by atoms with van der Waals surface area (Å²) in [4.78, 5) is 35.9. The van der Waals surface area contributed by atoms with E-state index >= 15 is 0 Å². The molecule has 2 amide bonds. The van der Waals surface area contributed by atoms with Crippen LogP contribution >= 0.6 is 0 Å². The Morgan fingerprint density at radius 3 is 2.85 bits per heavy atom. The topological polar surface area (TPSA) is 97.4 Å². The molecule has 0 bridgehead atoms. The molecule has 4 aromatic rings. The highest BCUT2D eigenvalue weighted by Crippen LogP contribution is 2.36. The second-order valence-electron chi connectivity index (χ2n) is 8.75. The average molecular weight is 459 g/mol. The molecule has 172 valence electrons. The number of imidazole rings is 1. The third-order valence-corrected chi connectivity index (χ3v) is 6.40. The lowest BCUT2D eigenvalue weighted by molar-refractivity contribution is -0.134. The van der Waals surface area contributed by atoms with Crippen molar-refractivity contribution in [1.82, 2.24) is 29.0 Å². The van der Waals surface area contributed by atoms with E-state index in [1.54, 1.807) is 26.4 Å². The molecular weight excluding hydrogens is 437 g/mol. The lowest BCUT2D eigenvalue weighted by Gasteiger charge is -2.26. The summed E-state index contributed by atoms with van der Waals surface area (Å²) in [6, 6.07) is 11.2. The quantitative estimate of drug-likeness (QED) is 0.506. The van der Waals surface area contributed by atoms with Crippen molar-refractivity contribution in [2.24, 2.45) is 5.92 Å². The van der Waals surface area contributed by atoms with Crippen LogP contribution in [0, 0.1) is 12.8 Å². The number of aromatic nitrogens is 5. The summed E-state index contributed by atoms with van der Waals surface area (Å²) in [7, 11) is 0. The van der Waals surface area contributed by atoms with Gasteiger partial charge in [-0.25, -0.2) is 19.0 Å². The minimum absolute atomic E-state index is 0.143. The van der Waals surface area contributed by atoms with Gasteiger partial charge >= 0.3 is 0 Å². The lowest BCUT2D eigenvalue weighted by atomic mass is 10.1. The van der Waals surface area contributed by atoms with Gasteiger partial charge in [0, 0.05) is 24.0 Å². The van der Waals surface area contributed by atoms with Gasteiger partial charge < -0.3 is 10.2 Å². The normalized spacial score (nSPS) is 19.2. The maximum atomic E-state index is 13.3. The largest absolute Gasteiger partial charge is 0.333 e. The van der Waals surface area contributed by atoms with Crippen molar-refractivity contribution < 1.29 is 14.0 Å². The van der Waals surface area contributed by atoms with E-state index in [0.717, 1.165) is 11.1 Å². The summed E-state index contributed by atoms with van der Waals surface area (Å²) in [5, 5.41) is 7.57. The van der Waals surface area contributed by atoms with Crippen LogP contribution in [0.1, 0.15) is 28.3 Å². The van der Waals surface area contributed by atoms with Gasteiger partial charge in [0.2, 0.25) is 5.91 Å². The molecule has 4 heterocycles. The first kappa shape index (κ1) is 20.5. The van der Waals surface area contributed by atoms with Crippen molar-refractivity contribution in [2.75, 3.05) is 11.9 Å². The maximum absolute atomic E-state index is 13.3. The molecule has 3 aromatic heterocycles. The van der Waals surface area contributed by atoms with Gasteiger partial charge in [0.25, 0.3) is 5.91 Å². The number of fused-ring (bicyclic) bond motifs is 2. The number of carbonyl (C=O) groups is 2. The van der Waals surface area contributed by atoms with Crippen LogP contribution in [-0.4, -0.2) is 53.6 Å². The van der Waals surface area contributed by atoms with Crippen molar-refractivity contribution >= 4 is 23.1 Å². The van der Waals surface area contributed by atoms with Crippen LogP contribution in [0.2, 0.25) is 0 Å². The second kappa shape index (κ2) is 7.75. The molecule has 0 saturated heterocycles. The number of pyridine rings is 1. The van der Waals surface area contributed by atoms with Crippen molar-refractivity contribution in [1.29, 1.82) is 0 Å². The fraction of sp³-hybridized carbons (Fsp3) is 0.292. The van der Waals surface area contributed by atoms with Crippen LogP contribution in [0.4, 0.5) is 10.1 Å². The average Bonchev–Trinajstić information content (AvgIpc) is 3.23. The SMILES string of the molecule is Cc1ccc(-c2nc3n(n2)CCN(C(=O)[C@H]2C[C@@H]2F)C3)cc1NC(=O)c1cnc2ccccn12. The molecule has 9 nitrogen and oxygen atoms in total. The van der Waals surface area contributed by atoms with Gasteiger partial charge in [-0.2, -0.15) is 5.10 Å². The number of anilines is 1. The zero-order chi connectivity index (χ0) is 23.4. The van der Waals surface area contributed by atoms with Crippen molar-refractivity contribution in [2.45, 2.75) is 32.6 Å². The molecule has 34 heavy (non-hydrogen) atoms. The number of nitrogens with zero attached hydrogens (tertiary/aromatic N) is 6. The van der Waals surface area contributed by atoms with E-state index in [2.05, 4.69) is 20.4 Å². The van der Waals surface area contributed by atoms with Gasteiger partial charge in [0.15, 0.2) is 5.82 Å². The molecule has 0 spiro atoms. The van der Waals surface area contributed by atoms with Crippen LogP contribution in [0.25, 0.3) is 17.0 Å². The summed E-state index contributed by atoms with van der Waals surface area (Å²) in [5.74, 6) is 0.282. The van der Waals surface area contributed by atoms with E-state index in [9.17, 15) is 14.0 Å². The zero-order valence-corrected chi connectivity index (χ0v) is 18.5. The summed E-state index contributed by atoms with van der Waals surface area (Å²) in [5.41, 5.74) is 3.44. The Bertz CT molecular complexity index is 1440. The molecule has 2 aliphatic rings. The van der Waals surface area contributed by atoms with Gasteiger partial charge in [-0.1, -0.05) is 18.2 Å². The Balaban J connectivity index is 1.24. The predicted octanol–water partition coefficient (Wildman–Crippen LogP) is 2.85. The summed E-state index contributed by atoms with van der Waals surface area (Å²) in [6.07, 6.45) is 2.66. The van der Waals surface area contributed by atoms with Crippen LogP contribution in [0.15, 0.2) is 48.8 Å². The number of aryl methyl sites for hydroxylation is 1. The first-order valence-corrected chi connectivity index (χ1v) is 11.2. The lowest BCUT2D eigenvalue weighted by Crippen LogP contribution is -2.39. The van der Waals surface area contributed by atoms with Crippen molar-refractivity contribution in [3.05, 3.63) is 65.9 Å². The Hall–Kier alpha value is -4.08. The number of halogens is 1. The number of carbonyl (C=O) groups excluding carboxylic acids is 2. The Labute approximate surface area is 194 Å². The number of benzene rings is 1. The van der Waals surface area contributed by atoms with Gasteiger partial charge in [-0.15, -0.1) is 0 Å². The van der Waals surface area contributed by atoms with Crippen molar-refractivity contribution in [3.8, 4) is 11.4 Å². The maximum Gasteiger partial charge on any atom is 0.274 e. The van der Waals surface area contributed by atoms with E-state index in [0.29, 0.717) is 54.7 Å². The van der Waals surface area contributed by atoms with Gasteiger partial charge in [-0.05, 0) is 37.1 Å². The number of alkyl halides is 1. The molecule has 1 fully saturated rings. The van der Waals surface area contributed by atoms with E-state index < -0.39 is 12.1 Å². The number of amides is 2. The molecule has 1 aliphatic carbocycles. The summed E-state index contributed by atoms with van der Waals surface area (Å²) >= 11 is 0. The standard InChI is InChI=1S/C24H22FN7O2/c1-14-5-6-15(10-18(14)27-23(33)19-12-26-20-4-2-3-7-31(19)20)22-28-21-13-30(8-9-32(21)29-22)24(34)16-11-17(16)25/h2-7,10,12,16-17H,8-9,11,13H2,1H3,(H,27,33)/t16-,17-/m0/s1. The molecule has 1 N–H and O–H groups in total. The van der Waals surface area contributed by atoms with Gasteiger partial charge in [-0.3, -0.25) is 14.0 Å². The minimum atomic E-state index is -1.01. The zero-order valence-electron chi connectivity index (χ0n) is 18.5. The van der Waals surface area contributed by atoms with E-state index in [1.807, 2.05) is 43.3 Å². The Morgan fingerprint density at radius 2 is 2.03 bits per heavy atom. The molecule has 1 aliphatic heterocycles. The Kier molecular flexibility index (Phi) is 4.68. The number of hydrogen-bond donors (Lipinski definition) is 1. The van der Waals surface area contributed by atoms with Crippen LogP contribution < -0.4 is 5.32 Å². The van der Waals surface area contributed by atoms with Crippen LogP contribution in [-0.2, 0) is 17.9 Å². The van der Waals surface area contributed by atoms with Gasteiger partial charge in [0.05, 0.1) is 25.2 Å². The smallest absolute Gasteiger partial charge is 0.274 e. The molecule has 6 rings (SSSR count). The first-order valence-electron chi connectivity index (χ1n) is 11.2. The monoisotopic (exact) mass is 459 g/mol. The van der Waals surface area contributed by atoms with Crippen LogP contribution in [0.3, 0.4) is 0 Å². The summed E-state index contributed by atoms with van der Waals surface area (Å²) in [6.45, 7) is 3.24. The number of hydrogen-bond acceptors (Lipinski definition) is 5. The highest BCUT2D eigenvalue weighted by Gasteiger charge is 2.46.